The smallest absolute Gasteiger partial charge is 0.271 e. The van der Waals surface area contributed by atoms with Crippen molar-refractivity contribution in [2.75, 3.05) is 23.3 Å². The number of carbonyl (C=O) groups is 1. The van der Waals surface area contributed by atoms with Crippen LogP contribution in [0.1, 0.15) is 12.8 Å². The molecule has 1 atom stereocenters. The van der Waals surface area contributed by atoms with E-state index in [2.05, 4.69) is 25.3 Å². The largest absolute Gasteiger partial charge is 0.356 e. The van der Waals surface area contributed by atoms with Crippen molar-refractivity contribution in [1.29, 1.82) is 0 Å². The maximum Gasteiger partial charge on any atom is 0.271 e. The van der Waals surface area contributed by atoms with Crippen LogP contribution in [0.25, 0.3) is 5.82 Å². The number of anilines is 2. The van der Waals surface area contributed by atoms with Crippen molar-refractivity contribution in [3.8, 4) is 5.82 Å². The molecular weight excluding hydrogens is 374 g/mol. The lowest BCUT2D eigenvalue weighted by molar-refractivity contribution is -0.384. The number of hydrogen-bond acceptors (Lipinski definition) is 7. The number of non-ortho nitro benzene ring substituents is 1. The van der Waals surface area contributed by atoms with Gasteiger partial charge < -0.3 is 10.2 Å². The molecule has 4 rings (SSSR count). The van der Waals surface area contributed by atoms with Gasteiger partial charge >= 0.3 is 0 Å². The molecule has 1 N–H and O–H groups in total. The zero-order valence-corrected chi connectivity index (χ0v) is 15.5. The number of nitro benzene ring substituents is 1. The van der Waals surface area contributed by atoms with Crippen LogP contribution in [0.15, 0.2) is 55.1 Å². The maximum absolute atomic E-state index is 12.7. The monoisotopic (exact) mass is 393 g/mol. The molecule has 0 aliphatic carbocycles. The quantitative estimate of drug-likeness (QED) is 0.522. The second kappa shape index (κ2) is 8.05. The summed E-state index contributed by atoms with van der Waals surface area (Å²) >= 11 is 0. The summed E-state index contributed by atoms with van der Waals surface area (Å²) in [6, 6.07) is 9.61. The molecule has 3 heterocycles. The fourth-order valence-electron chi connectivity index (χ4n) is 3.38. The molecule has 0 saturated carbocycles. The fraction of sp³-hybridized carbons (Fsp3) is 0.263. The van der Waals surface area contributed by atoms with Gasteiger partial charge in [-0.15, -0.1) is 0 Å². The number of piperidine rings is 1. The van der Waals surface area contributed by atoms with Crippen LogP contribution in [0.4, 0.5) is 17.2 Å². The topological polar surface area (TPSA) is 119 Å². The minimum absolute atomic E-state index is 0.0554. The molecule has 2 aromatic heterocycles. The molecule has 148 valence electrons. The van der Waals surface area contributed by atoms with Crippen LogP contribution in [0.2, 0.25) is 0 Å². The van der Waals surface area contributed by atoms with Crippen molar-refractivity contribution in [3.05, 3.63) is 65.2 Å². The Morgan fingerprint density at radius 2 is 2.07 bits per heavy atom. The van der Waals surface area contributed by atoms with Crippen LogP contribution in [0.3, 0.4) is 0 Å². The average Bonchev–Trinajstić information content (AvgIpc) is 3.29. The molecule has 0 spiro atoms. The molecule has 1 aliphatic rings. The van der Waals surface area contributed by atoms with Gasteiger partial charge in [0.05, 0.1) is 10.8 Å². The van der Waals surface area contributed by atoms with Crippen LogP contribution >= 0.6 is 0 Å². The van der Waals surface area contributed by atoms with Crippen molar-refractivity contribution in [2.24, 2.45) is 5.92 Å². The Kier molecular flexibility index (Phi) is 5.14. The first-order valence-electron chi connectivity index (χ1n) is 9.22. The average molecular weight is 393 g/mol. The summed E-state index contributed by atoms with van der Waals surface area (Å²) in [6.07, 6.45) is 6.55. The van der Waals surface area contributed by atoms with E-state index in [4.69, 9.17) is 0 Å². The van der Waals surface area contributed by atoms with Crippen molar-refractivity contribution < 1.29 is 9.72 Å². The Morgan fingerprint density at radius 1 is 1.21 bits per heavy atom. The number of amides is 1. The third-order valence-corrected chi connectivity index (χ3v) is 4.82. The lowest BCUT2D eigenvalue weighted by atomic mass is 9.97. The molecule has 1 saturated heterocycles. The van der Waals surface area contributed by atoms with Crippen LogP contribution in [0, 0.1) is 16.0 Å². The zero-order chi connectivity index (χ0) is 20.2. The maximum atomic E-state index is 12.7. The molecule has 10 heteroatoms. The number of carbonyl (C=O) groups excluding carboxylic acids is 1. The van der Waals surface area contributed by atoms with Crippen molar-refractivity contribution in [3.63, 3.8) is 0 Å². The molecular formula is C19H19N7O3. The normalized spacial score (nSPS) is 16.4. The Hall–Kier alpha value is -3.82. The Bertz CT molecular complexity index is 1020. The van der Waals surface area contributed by atoms with E-state index in [1.54, 1.807) is 29.2 Å². The van der Waals surface area contributed by atoms with Crippen molar-refractivity contribution in [1.82, 2.24) is 19.7 Å². The third-order valence-electron chi connectivity index (χ3n) is 4.82. The highest BCUT2D eigenvalue weighted by Gasteiger charge is 2.27. The van der Waals surface area contributed by atoms with E-state index in [1.807, 2.05) is 12.1 Å². The van der Waals surface area contributed by atoms with Crippen LogP contribution in [-0.2, 0) is 4.79 Å². The number of nitro groups is 1. The van der Waals surface area contributed by atoms with E-state index in [1.165, 1.54) is 18.5 Å². The number of benzene rings is 1. The standard InChI is InChI=1S/C19H19N7O3/c27-19(23-15-5-1-6-16(10-15)26(28)29)14-4-2-8-24(12-14)17-11-18(21-13-20-17)25-9-3-7-22-25/h1,3,5-7,9-11,13-14H,2,4,8,12H2,(H,23,27). The minimum atomic E-state index is -0.482. The van der Waals surface area contributed by atoms with Crippen LogP contribution in [0.5, 0.6) is 0 Å². The summed E-state index contributed by atoms with van der Waals surface area (Å²) < 4.78 is 1.65. The predicted octanol–water partition coefficient (Wildman–Crippen LogP) is 2.43. The second-order valence-corrected chi connectivity index (χ2v) is 6.77. The van der Waals surface area contributed by atoms with Gasteiger partial charge in [-0.3, -0.25) is 14.9 Å². The number of rotatable bonds is 5. The molecule has 1 aliphatic heterocycles. The summed E-state index contributed by atoms with van der Waals surface area (Å²) in [5, 5.41) is 17.9. The molecule has 0 bridgehead atoms. The van der Waals surface area contributed by atoms with E-state index in [0.717, 1.165) is 25.2 Å². The van der Waals surface area contributed by atoms with Gasteiger partial charge in [-0.05, 0) is 25.0 Å². The van der Waals surface area contributed by atoms with Crippen molar-refractivity contribution in [2.45, 2.75) is 12.8 Å². The van der Waals surface area contributed by atoms with Gasteiger partial charge in [-0.1, -0.05) is 6.07 Å². The summed E-state index contributed by atoms with van der Waals surface area (Å²) in [6.45, 7) is 1.30. The van der Waals surface area contributed by atoms with E-state index < -0.39 is 4.92 Å². The summed E-state index contributed by atoms with van der Waals surface area (Å²) in [5.41, 5.74) is 0.365. The van der Waals surface area contributed by atoms with E-state index in [0.29, 0.717) is 18.1 Å². The molecule has 10 nitrogen and oxygen atoms in total. The van der Waals surface area contributed by atoms with Crippen LogP contribution < -0.4 is 10.2 Å². The Labute approximate surface area is 166 Å². The number of nitrogens with one attached hydrogen (secondary N) is 1. The van der Waals surface area contributed by atoms with Gasteiger partial charge in [0.25, 0.3) is 5.69 Å². The first-order chi connectivity index (χ1) is 14.1. The first-order valence-corrected chi connectivity index (χ1v) is 9.22. The third kappa shape index (κ3) is 4.21. The van der Waals surface area contributed by atoms with E-state index in [-0.39, 0.29) is 17.5 Å². The van der Waals surface area contributed by atoms with Gasteiger partial charge in [0, 0.05) is 49.4 Å². The molecule has 1 unspecified atom stereocenters. The van der Waals surface area contributed by atoms with Crippen molar-refractivity contribution >= 4 is 23.1 Å². The Balaban J connectivity index is 1.46. The highest BCUT2D eigenvalue weighted by molar-refractivity contribution is 5.93. The van der Waals surface area contributed by atoms with Gasteiger partial charge in [-0.2, -0.15) is 5.10 Å². The van der Waals surface area contributed by atoms with Crippen LogP contribution in [-0.4, -0.2) is 43.7 Å². The van der Waals surface area contributed by atoms with E-state index in [9.17, 15) is 14.9 Å². The molecule has 1 amide bonds. The highest BCUT2D eigenvalue weighted by atomic mass is 16.6. The van der Waals surface area contributed by atoms with Gasteiger partial charge in [0.2, 0.25) is 5.91 Å². The first kappa shape index (κ1) is 18.5. The lowest BCUT2D eigenvalue weighted by Gasteiger charge is -2.32. The molecule has 29 heavy (non-hydrogen) atoms. The SMILES string of the molecule is O=C(Nc1cccc([N+](=O)[O-])c1)C1CCCN(c2cc(-n3cccn3)ncn2)C1. The number of hydrogen-bond donors (Lipinski definition) is 1. The summed E-state index contributed by atoms with van der Waals surface area (Å²) in [5.74, 6) is 0.990. The van der Waals surface area contributed by atoms with E-state index >= 15 is 0 Å². The van der Waals surface area contributed by atoms with Gasteiger partial charge in [0.15, 0.2) is 5.82 Å². The Morgan fingerprint density at radius 3 is 2.86 bits per heavy atom. The van der Waals surface area contributed by atoms with Gasteiger partial charge in [0.1, 0.15) is 12.1 Å². The molecule has 1 aromatic carbocycles. The molecule has 1 fully saturated rings. The lowest BCUT2D eigenvalue weighted by Crippen LogP contribution is -2.41. The zero-order valence-electron chi connectivity index (χ0n) is 15.5. The fourth-order valence-corrected chi connectivity index (χ4v) is 3.38. The highest BCUT2D eigenvalue weighted by Crippen LogP contribution is 2.24. The summed E-state index contributed by atoms with van der Waals surface area (Å²) in [7, 11) is 0. The molecule has 3 aromatic rings. The second-order valence-electron chi connectivity index (χ2n) is 6.77. The molecule has 0 radical (unpaired) electrons. The number of aromatic nitrogens is 4. The minimum Gasteiger partial charge on any atom is -0.356 e. The predicted molar refractivity (Wildman–Crippen MR) is 106 cm³/mol. The number of nitrogens with zero attached hydrogens (tertiary/aromatic N) is 6. The summed E-state index contributed by atoms with van der Waals surface area (Å²) in [4.78, 5) is 33.8. The van der Waals surface area contributed by atoms with Gasteiger partial charge in [-0.25, -0.2) is 14.6 Å².